The van der Waals surface area contributed by atoms with Crippen LogP contribution >= 0.6 is 34.8 Å². The fourth-order valence-corrected chi connectivity index (χ4v) is 6.52. The van der Waals surface area contributed by atoms with E-state index >= 15 is 0 Å². The number of amides is 2. The van der Waals surface area contributed by atoms with Crippen molar-refractivity contribution >= 4 is 62.3 Å². The van der Waals surface area contributed by atoms with Gasteiger partial charge < -0.3 is 9.47 Å². The van der Waals surface area contributed by atoms with Crippen molar-refractivity contribution in [2.75, 3.05) is 11.7 Å². The molecular weight excluding hydrogens is 551 g/mol. The average Bonchev–Trinajstić information content (AvgIpc) is 3.43. The number of carbonyl (C=O) groups is 2. The van der Waals surface area contributed by atoms with E-state index in [1.54, 1.807) is 18.2 Å². The van der Waals surface area contributed by atoms with Crippen molar-refractivity contribution in [2.24, 2.45) is 0 Å². The minimum absolute atomic E-state index is 0.0462. The minimum atomic E-state index is -4.39. The molecule has 0 saturated carbocycles. The molecule has 3 aromatic carbocycles. The Kier molecular flexibility index (Phi) is 6.61. The van der Waals surface area contributed by atoms with Crippen LogP contribution in [-0.4, -0.2) is 37.4 Å². The standard InChI is InChI=1S/C24H17Cl3N2O6S/c25-15-2-5-17(6-3-15)29-23(30)11-19(24(29)31)28(12-14-1-8-20-21(9-14)35-13-34-20)36(32,33)22-10-16(26)4-7-18(22)27/h1-10,19H,11-13H2. The highest BCUT2D eigenvalue weighted by Crippen LogP contribution is 2.37. The van der Waals surface area contributed by atoms with Gasteiger partial charge in [-0.3, -0.25) is 9.59 Å². The molecule has 1 fully saturated rings. The molecule has 2 aliphatic heterocycles. The minimum Gasteiger partial charge on any atom is -0.454 e. The van der Waals surface area contributed by atoms with Gasteiger partial charge in [-0.1, -0.05) is 40.9 Å². The Morgan fingerprint density at radius 2 is 1.58 bits per heavy atom. The van der Waals surface area contributed by atoms with E-state index in [2.05, 4.69) is 0 Å². The van der Waals surface area contributed by atoms with Crippen LogP contribution in [0.15, 0.2) is 65.6 Å². The number of sulfonamides is 1. The maximum atomic E-state index is 13.9. The zero-order chi connectivity index (χ0) is 25.6. The third kappa shape index (κ3) is 4.53. The molecule has 0 bridgehead atoms. The van der Waals surface area contributed by atoms with Crippen LogP contribution in [0.1, 0.15) is 12.0 Å². The van der Waals surface area contributed by atoms with Crippen LogP contribution < -0.4 is 14.4 Å². The molecule has 12 heteroatoms. The number of fused-ring (bicyclic) bond motifs is 1. The van der Waals surface area contributed by atoms with Crippen molar-refractivity contribution in [1.82, 2.24) is 4.31 Å². The highest BCUT2D eigenvalue weighted by molar-refractivity contribution is 7.89. The number of carbonyl (C=O) groups excluding carboxylic acids is 2. The van der Waals surface area contributed by atoms with Gasteiger partial charge in [0.05, 0.1) is 17.1 Å². The quantitative estimate of drug-likeness (QED) is 0.394. The zero-order valence-corrected chi connectivity index (χ0v) is 21.4. The van der Waals surface area contributed by atoms with E-state index in [1.807, 2.05) is 0 Å². The lowest BCUT2D eigenvalue weighted by Crippen LogP contribution is -2.45. The summed E-state index contributed by atoms with van der Waals surface area (Å²) >= 11 is 18.2. The van der Waals surface area contributed by atoms with Crippen molar-refractivity contribution in [3.63, 3.8) is 0 Å². The van der Waals surface area contributed by atoms with Gasteiger partial charge in [-0.05, 0) is 60.2 Å². The van der Waals surface area contributed by atoms with Gasteiger partial charge >= 0.3 is 0 Å². The molecule has 2 aliphatic rings. The zero-order valence-electron chi connectivity index (χ0n) is 18.4. The lowest BCUT2D eigenvalue weighted by molar-refractivity contribution is -0.122. The molecule has 8 nitrogen and oxygen atoms in total. The van der Waals surface area contributed by atoms with Crippen molar-refractivity contribution in [3.05, 3.63) is 81.3 Å². The second-order valence-electron chi connectivity index (χ2n) is 8.08. The Labute approximate surface area is 221 Å². The molecule has 5 rings (SSSR count). The van der Waals surface area contributed by atoms with E-state index in [-0.39, 0.29) is 40.4 Å². The number of hydrogen-bond donors (Lipinski definition) is 0. The fraction of sp³-hybridized carbons (Fsp3) is 0.167. The van der Waals surface area contributed by atoms with Crippen molar-refractivity contribution in [2.45, 2.75) is 23.9 Å². The molecule has 2 amide bonds. The van der Waals surface area contributed by atoms with Gasteiger partial charge in [0.15, 0.2) is 11.5 Å². The van der Waals surface area contributed by atoms with Crippen molar-refractivity contribution < 1.29 is 27.5 Å². The largest absolute Gasteiger partial charge is 0.454 e. The molecule has 0 aliphatic carbocycles. The first kappa shape index (κ1) is 24.9. The summed E-state index contributed by atoms with van der Waals surface area (Å²) in [4.78, 5) is 27.1. The Bertz CT molecular complexity index is 1480. The van der Waals surface area contributed by atoms with Gasteiger partial charge in [0.2, 0.25) is 22.7 Å². The summed E-state index contributed by atoms with van der Waals surface area (Å²) in [6.07, 6.45) is -0.358. The number of rotatable bonds is 6. The first-order valence-corrected chi connectivity index (χ1v) is 13.2. The third-order valence-electron chi connectivity index (χ3n) is 5.81. The molecule has 2 heterocycles. The normalized spacial score (nSPS) is 17.3. The van der Waals surface area contributed by atoms with Crippen LogP contribution in [0.4, 0.5) is 5.69 Å². The van der Waals surface area contributed by atoms with Crippen LogP contribution in [0.2, 0.25) is 15.1 Å². The number of imide groups is 1. The average molecular weight is 568 g/mol. The van der Waals surface area contributed by atoms with Crippen LogP contribution in [-0.2, 0) is 26.2 Å². The van der Waals surface area contributed by atoms with Gasteiger partial charge in [-0.15, -0.1) is 0 Å². The fourth-order valence-electron chi connectivity index (χ4n) is 4.09. The van der Waals surface area contributed by atoms with Crippen LogP contribution in [0.25, 0.3) is 0 Å². The second-order valence-corrected chi connectivity index (χ2v) is 11.2. The summed E-state index contributed by atoms with van der Waals surface area (Å²) in [5.41, 5.74) is 0.810. The topological polar surface area (TPSA) is 93.2 Å². The molecule has 3 aromatic rings. The van der Waals surface area contributed by atoms with Gasteiger partial charge in [-0.25, -0.2) is 13.3 Å². The Morgan fingerprint density at radius 3 is 2.33 bits per heavy atom. The summed E-state index contributed by atoms with van der Waals surface area (Å²) in [5.74, 6) is -0.269. The Morgan fingerprint density at radius 1 is 0.889 bits per heavy atom. The maximum Gasteiger partial charge on any atom is 0.252 e. The predicted octanol–water partition coefficient (Wildman–Crippen LogP) is 4.90. The number of ether oxygens (including phenoxy) is 2. The molecule has 0 spiro atoms. The smallest absolute Gasteiger partial charge is 0.252 e. The summed E-state index contributed by atoms with van der Waals surface area (Å²) in [7, 11) is -4.39. The molecular formula is C24H17Cl3N2O6S. The molecule has 0 radical (unpaired) electrons. The van der Waals surface area contributed by atoms with E-state index in [0.717, 1.165) is 9.21 Å². The van der Waals surface area contributed by atoms with E-state index < -0.39 is 27.9 Å². The van der Waals surface area contributed by atoms with Gasteiger partial charge in [-0.2, -0.15) is 4.31 Å². The highest BCUT2D eigenvalue weighted by atomic mass is 35.5. The van der Waals surface area contributed by atoms with Crippen LogP contribution in [0.3, 0.4) is 0 Å². The summed E-state index contributed by atoms with van der Waals surface area (Å²) in [5, 5.41) is 0.510. The van der Waals surface area contributed by atoms with Gasteiger partial charge in [0.1, 0.15) is 10.9 Å². The molecule has 1 atom stereocenters. The second kappa shape index (κ2) is 9.57. The Balaban J connectivity index is 1.57. The number of anilines is 1. The Hall–Kier alpha value is -2.82. The van der Waals surface area contributed by atoms with E-state index in [4.69, 9.17) is 44.3 Å². The number of nitrogens with zero attached hydrogens (tertiary/aromatic N) is 2. The molecule has 0 aromatic heterocycles. The summed E-state index contributed by atoms with van der Waals surface area (Å²) in [6, 6.07) is 13.8. The maximum absolute atomic E-state index is 13.9. The highest BCUT2D eigenvalue weighted by Gasteiger charge is 2.47. The van der Waals surface area contributed by atoms with Crippen molar-refractivity contribution in [1.29, 1.82) is 0 Å². The number of benzene rings is 3. The van der Waals surface area contributed by atoms with E-state index in [0.29, 0.717) is 22.1 Å². The van der Waals surface area contributed by atoms with Gasteiger partial charge in [0, 0.05) is 16.6 Å². The van der Waals surface area contributed by atoms with E-state index in [1.165, 1.54) is 42.5 Å². The van der Waals surface area contributed by atoms with Crippen LogP contribution in [0, 0.1) is 0 Å². The first-order valence-electron chi connectivity index (χ1n) is 10.6. The van der Waals surface area contributed by atoms with E-state index in [9.17, 15) is 18.0 Å². The predicted molar refractivity (Wildman–Crippen MR) is 134 cm³/mol. The van der Waals surface area contributed by atoms with Gasteiger partial charge in [0.25, 0.3) is 5.91 Å². The molecule has 1 saturated heterocycles. The lowest BCUT2D eigenvalue weighted by atomic mass is 10.1. The molecule has 0 N–H and O–H groups in total. The summed E-state index contributed by atoms with van der Waals surface area (Å²) < 4.78 is 39.5. The van der Waals surface area contributed by atoms with Crippen LogP contribution in [0.5, 0.6) is 11.5 Å². The monoisotopic (exact) mass is 566 g/mol. The number of halogens is 3. The molecule has 1 unspecified atom stereocenters. The molecule has 186 valence electrons. The van der Waals surface area contributed by atoms with Crippen molar-refractivity contribution in [3.8, 4) is 11.5 Å². The molecule has 36 heavy (non-hydrogen) atoms. The first-order chi connectivity index (χ1) is 17.1. The number of hydrogen-bond acceptors (Lipinski definition) is 6. The lowest BCUT2D eigenvalue weighted by Gasteiger charge is -2.27. The summed E-state index contributed by atoms with van der Waals surface area (Å²) in [6.45, 7) is -0.190. The SMILES string of the molecule is O=C1CC(N(Cc2ccc3c(c2)OCO3)S(=O)(=O)c2cc(Cl)ccc2Cl)C(=O)N1c1ccc(Cl)cc1. The third-order valence-corrected chi connectivity index (χ3v) is 8.63.